The van der Waals surface area contributed by atoms with Gasteiger partial charge in [-0.05, 0) is 40.2 Å². The second-order valence-electron chi connectivity index (χ2n) is 6.05. The fourth-order valence-corrected chi connectivity index (χ4v) is 2.39. The molecule has 0 unspecified atom stereocenters. The van der Waals surface area contributed by atoms with E-state index in [0.29, 0.717) is 12.2 Å². The Morgan fingerprint density at radius 2 is 2.17 bits per heavy atom. The fourth-order valence-electron chi connectivity index (χ4n) is 2.39. The quantitative estimate of drug-likeness (QED) is 0.812. The zero-order valence-electron chi connectivity index (χ0n) is 11.6. The summed E-state index contributed by atoms with van der Waals surface area (Å²) in [5.74, 6) is -0.00551. The molecule has 0 saturated carbocycles. The first kappa shape index (κ1) is 13.1. The predicted octanol–water partition coefficient (Wildman–Crippen LogP) is 1.12. The molecule has 2 heterocycles. The van der Waals surface area contributed by atoms with Crippen molar-refractivity contribution in [1.82, 2.24) is 14.7 Å². The van der Waals surface area contributed by atoms with E-state index in [4.69, 9.17) is 5.73 Å². The van der Waals surface area contributed by atoms with Crippen LogP contribution in [0.1, 0.15) is 43.4 Å². The Balaban J connectivity index is 2.22. The number of amides is 1. The van der Waals surface area contributed by atoms with Crippen molar-refractivity contribution >= 4 is 5.91 Å². The molecular formula is C13H22N4O. The van der Waals surface area contributed by atoms with Crippen molar-refractivity contribution in [2.75, 3.05) is 13.1 Å². The van der Waals surface area contributed by atoms with Crippen molar-refractivity contribution in [1.29, 1.82) is 0 Å². The Morgan fingerprint density at radius 1 is 1.50 bits per heavy atom. The van der Waals surface area contributed by atoms with Gasteiger partial charge in [-0.2, -0.15) is 5.10 Å². The summed E-state index contributed by atoms with van der Waals surface area (Å²) in [5.41, 5.74) is 7.25. The number of aryl methyl sites for hydroxylation is 1. The van der Waals surface area contributed by atoms with Gasteiger partial charge in [0.15, 0.2) is 5.69 Å². The summed E-state index contributed by atoms with van der Waals surface area (Å²) in [6.45, 7) is 9.58. The van der Waals surface area contributed by atoms with Gasteiger partial charge in [-0.1, -0.05) is 0 Å². The highest BCUT2D eigenvalue weighted by Crippen LogP contribution is 2.18. The molecule has 0 spiro atoms. The molecule has 1 atom stereocenters. The van der Waals surface area contributed by atoms with Crippen LogP contribution in [0.3, 0.4) is 0 Å². The first-order valence-electron chi connectivity index (χ1n) is 6.41. The van der Waals surface area contributed by atoms with Gasteiger partial charge in [0.25, 0.3) is 5.91 Å². The van der Waals surface area contributed by atoms with Gasteiger partial charge in [0.1, 0.15) is 0 Å². The molecule has 2 N–H and O–H groups in total. The molecule has 1 aromatic rings. The molecular weight excluding hydrogens is 228 g/mol. The lowest BCUT2D eigenvalue weighted by Crippen LogP contribution is -2.32. The minimum Gasteiger partial charge on any atom is -0.336 e. The molecule has 1 aromatic heterocycles. The summed E-state index contributed by atoms with van der Waals surface area (Å²) >= 11 is 0. The lowest BCUT2D eigenvalue weighted by molar-refractivity contribution is 0.0783. The number of carbonyl (C=O) groups is 1. The van der Waals surface area contributed by atoms with Crippen molar-refractivity contribution in [3.8, 4) is 0 Å². The molecule has 1 fully saturated rings. The zero-order valence-corrected chi connectivity index (χ0v) is 11.6. The summed E-state index contributed by atoms with van der Waals surface area (Å²) in [7, 11) is 0. The van der Waals surface area contributed by atoms with Gasteiger partial charge in [0.05, 0.1) is 5.54 Å². The van der Waals surface area contributed by atoms with Crippen LogP contribution in [0.25, 0.3) is 0 Å². The lowest BCUT2D eigenvalue weighted by Gasteiger charge is -2.21. The minimum absolute atomic E-state index is 0.00551. The number of nitrogens with two attached hydrogens (primary N) is 1. The molecule has 1 saturated heterocycles. The Morgan fingerprint density at radius 3 is 2.61 bits per heavy atom. The first-order valence-corrected chi connectivity index (χ1v) is 6.41. The standard InChI is InChI=1S/C13H22N4O/c1-9-7-11(15-17(9)13(2,3)4)12(18)16-6-5-10(14)8-16/h7,10H,5-6,8,14H2,1-4H3/t10-/m0/s1. The highest BCUT2D eigenvalue weighted by Gasteiger charge is 2.27. The van der Waals surface area contributed by atoms with E-state index in [0.717, 1.165) is 18.7 Å². The second-order valence-corrected chi connectivity index (χ2v) is 6.05. The number of likely N-dealkylation sites (tertiary alicyclic amines) is 1. The summed E-state index contributed by atoms with van der Waals surface area (Å²) in [6.07, 6.45) is 0.880. The molecule has 18 heavy (non-hydrogen) atoms. The van der Waals surface area contributed by atoms with Gasteiger partial charge in [-0.25, -0.2) is 0 Å². The summed E-state index contributed by atoms with van der Waals surface area (Å²) in [5, 5.41) is 4.44. The van der Waals surface area contributed by atoms with Gasteiger partial charge in [-0.15, -0.1) is 0 Å². The molecule has 100 valence electrons. The maximum atomic E-state index is 12.3. The molecule has 1 aliphatic rings. The summed E-state index contributed by atoms with van der Waals surface area (Å²) in [6, 6.07) is 1.97. The lowest BCUT2D eigenvalue weighted by atomic mass is 10.1. The predicted molar refractivity (Wildman–Crippen MR) is 70.5 cm³/mol. The van der Waals surface area contributed by atoms with Crippen LogP contribution in [0.5, 0.6) is 0 Å². The molecule has 5 heteroatoms. The molecule has 5 nitrogen and oxygen atoms in total. The van der Waals surface area contributed by atoms with E-state index in [1.54, 1.807) is 4.90 Å². The molecule has 0 aliphatic carbocycles. The highest BCUT2D eigenvalue weighted by atomic mass is 16.2. The summed E-state index contributed by atoms with van der Waals surface area (Å²) < 4.78 is 1.90. The number of hydrogen-bond acceptors (Lipinski definition) is 3. The number of aromatic nitrogens is 2. The van der Waals surface area contributed by atoms with Crippen LogP contribution in [0.15, 0.2) is 6.07 Å². The van der Waals surface area contributed by atoms with E-state index in [2.05, 4.69) is 25.9 Å². The largest absolute Gasteiger partial charge is 0.336 e. The van der Waals surface area contributed by atoms with E-state index in [-0.39, 0.29) is 17.5 Å². The van der Waals surface area contributed by atoms with Gasteiger partial charge >= 0.3 is 0 Å². The first-order chi connectivity index (χ1) is 8.29. The van der Waals surface area contributed by atoms with Crippen molar-refractivity contribution in [3.05, 3.63) is 17.5 Å². The Kier molecular flexibility index (Phi) is 3.19. The molecule has 2 rings (SSSR count). The minimum atomic E-state index is -0.107. The van der Waals surface area contributed by atoms with Crippen LogP contribution < -0.4 is 5.73 Å². The molecule has 0 bridgehead atoms. The van der Waals surface area contributed by atoms with Crippen molar-refractivity contribution in [2.45, 2.75) is 45.7 Å². The highest BCUT2D eigenvalue weighted by molar-refractivity contribution is 5.92. The molecule has 1 aliphatic heterocycles. The van der Waals surface area contributed by atoms with Crippen molar-refractivity contribution in [3.63, 3.8) is 0 Å². The van der Waals surface area contributed by atoms with Crippen molar-refractivity contribution in [2.24, 2.45) is 5.73 Å². The van der Waals surface area contributed by atoms with Gasteiger partial charge in [-0.3, -0.25) is 9.48 Å². The van der Waals surface area contributed by atoms with Crippen LogP contribution in [0.2, 0.25) is 0 Å². The van der Waals surface area contributed by atoms with E-state index in [1.807, 2.05) is 17.7 Å². The normalized spacial score (nSPS) is 20.5. The van der Waals surface area contributed by atoms with Crippen LogP contribution in [0.4, 0.5) is 0 Å². The zero-order chi connectivity index (χ0) is 13.5. The maximum Gasteiger partial charge on any atom is 0.274 e. The Bertz CT molecular complexity index is 458. The average molecular weight is 250 g/mol. The molecule has 0 aromatic carbocycles. The third-order valence-electron chi connectivity index (χ3n) is 3.25. The van der Waals surface area contributed by atoms with Crippen LogP contribution in [0, 0.1) is 6.92 Å². The van der Waals surface area contributed by atoms with E-state index >= 15 is 0 Å². The Hall–Kier alpha value is -1.36. The third kappa shape index (κ3) is 2.41. The van der Waals surface area contributed by atoms with Gasteiger partial charge in [0.2, 0.25) is 0 Å². The third-order valence-corrected chi connectivity index (χ3v) is 3.25. The SMILES string of the molecule is Cc1cc(C(=O)N2CC[C@H](N)C2)nn1C(C)(C)C. The van der Waals surface area contributed by atoms with E-state index in [9.17, 15) is 4.79 Å². The number of carbonyl (C=O) groups excluding carboxylic acids is 1. The van der Waals surface area contributed by atoms with E-state index in [1.165, 1.54) is 0 Å². The average Bonchev–Trinajstić information content (AvgIpc) is 2.82. The second kappa shape index (κ2) is 4.39. The van der Waals surface area contributed by atoms with Crippen molar-refractivity contribution < 1.29 is 4.79 Å². The Labute approximate surface area is 108 Å². The monoisotopic (exact) mass is 250 g/mol. The number of hydrogen-bond donors (Lipinski definition) is 1. The molecule has 1 amide bonds. The van der Waals surface area contributed by atoms with E-state index < -0.39 is 0 Å². The fraction of sp³-hybridized carbons (Fsp3) is 0.692. The van der Waals surface area contributed by atoms with Crippen LogP contribution in [-0.4, -0.2) is 39.7 Å². The smallest absolute Gasteiger partial charge is 0.274 e. The van der Waals surface area contributed by atoms with Gasteiger partial charge < -0.3 is 10.6 Å². The maximum absolute atomic E-state index is 12.3. The number of nitrogens with zero attached hydrogens (tertiary/aromatic N) is 3. The number of rotatable bonds is 1. The van der Waals surface area contributed by atoms with Crippen LogP contribution in [-0.2, 0) is 5.54 Å². The van der Waals surface area contributed by atoms with Crippen LogP contribution >= 0.6 is 0 Å². The molecule has 0 radical (unpaired) electrons. The summed E-state index contributed by atoms with van der Waals surface area (Å²) in [4.78, 5) is 14.1. The topological polar surface area (TPSA) is 64.2 Å². The van der Waals surface area contributed by atoms with Gasteiger partial charge in [0, 0.05) is 24.8 Å².